The van der Waals surface area contributed by atoms with Gasteiger partial charge in [0.05, 0.1) is 29.5 Å². The molecule has 0 bridgehead atoms. The number of benzene rings is 1. The van der Waals surface area contributed by atoms with Crippen molar-refractivity contribution in [3.05, 3.63) is 47.1 Å². The van der Waals surface area contributed by atoms with Gasteiger partial charge in [-0.2, -0.15) is 0 Å². The number of halogens is 1. The molecule has 2 aliphatic rings. The highest BCUT2D eigenvalue weighted by Gasteiger charge is 2.33. The zero-order valence-electron chi connectivity index (χ0n) is 24.1. The first-order chi connectivity index (χ1) is 19.1. The predicted octanol–water partition coefficient (Wildman–Crippen LogP) is 5.83. The van der Waals surface area contributed by atoms with Crippen LogP contribution in [0.5, 0.6) is 0 Å². The minimum Gasteiger partial charge on any atom is -0.319 e. The van der Waals surface area contributed by atoms with Crippen LogP contribution in [0.15, 0.2) is 36.5 Å². The number of ketones is 1. The summed E-state index contributed by atoms with van der Waals surface area (Å²) in [6.45, 7) is 11.0. The third-order valence-corrected chi connectivity index (χ3v) is 8.42. The smallest absolute Gasteiger partial charge is 0.257 e. The van der Waals surface area contributed by atoms with Gasteiger partial charge in [-0.15, -0.1) is 0 Å². The van der Waals surface area contributed by atoms with Crippen LogP contribution in [-0.2, 0) is 9.59 Å². The van der Waals surface area contributed by atoms with Crippen LogP contribution in [0.25, 0.3) is 0 Å². The van der Waals surface area contributed by atoms with E-state index in [0.717, 1.165) is 58.2 Å². The fourth-order valence-corrected chi connectivity index (χ4v) is 6.12. The normalized spacial score (nSPS) is 17.0. The minimum absolute atomic E-state index is 0.125. The van der Waals surface area contributed by atoms with Gasteiger partial charge in [0.25, 0.3) is 5.91 Å². The number of carbonyl (C=O) groups excluding carboxylic acids is 3. The molecule has 0 radical (unpaired) electrons. The Morgan fingerprint density at radius 3 is 2.70 bits per heavy atom. The van der Waals surface area contributed by atoms with Gasteiger partial charge >= 0.3 is 0 Å². The van der Waals surface area contributed by atoms with Crippen molar-refractivity contribution in [1.29, 1.82) is 0 Å². The van der Waals surface area contributed by atoms with Gasteiger partial charge < -0.3 is 10.6 Å². The van der Waals surface area contributed by atoms with Crippen molar-refractivity contribution in [3.63, 3.8) is 0 Å². The van der Waals surface area contributed by atoms with Gasteiger partial charge in [-0.3, -0.25) is 24.2 Å². The molecule has 2 amide bonds. The van der Waals surface area contributed by atoms with E-state index >= 15 is 0 Å². The maximum Gasteiger partial charge on any atom is 0.257 e. The van der Waals surface area contributed by atoms with Gasteiger partial charge in [0.2, 0.25) is 5.91 Å². The van der Waals surface area contributed by atoms with Crippen molar-refractivity contribution in [2.75, 3.05) is 36.4 Å². The summed E-state index contributed by atoms with van der Waals surface area (Å²) in [5.41, 5.74) is 1.04. The number of rotatable bonds is 11. The van der Waals surface area contributed by atoms with Crippen LogP contribution in [0, 0.1) is 11.3 Å². The fourth-order valence-electron chi connectivity index (χ4n) is 5.95. The molecule has 1 aromatic heterocycles. The van der Waals surface area contributed by atoms with E-state index in [1.165, 1.54) is 0 Å². The first-order valence-electron chi connectivity index (χ1n) is 14.5. The maximum absolute atomic E-state index is 13.7. The number of hydrogen-bond donors (Lipinski definition) is 2. The number of fused-ring (bicyclic) bond motifs is 2. The van der Waals surface area contributed by atoms with E-state index in [1.54, 1.807) is 41.4 Å². The van der Waals surface area contributed by atoms with Gasteiger partial charge in [0.15, 0.2) is 11.6 Å². The van der Waals surface area contributed by atoms with E-state index in [1.807, 2.05) is 20.8 Å². The van der Waals surface area contributed by atoms with Crippen LogP contribution in [0.3, 0.4) is 0 Å². The first kappa shape index (κ1) is 30.2. The summed E-state index contributed by atoms with van der Waals surface area (Å²) in [5.74, 6) is 0.865. The van der Waals surface area contributed by atoms with Gasteiger partial charge in [-0.05, 0) is 94.9 Å². The quantitative estimate of drug-likeness (QED) is 0.332. The van der Waals surface area contributed by atoms with Gasteiger partial charge in [-0.1, -0.05) is 38.8 Å². The highest BCUT2D eigenvalue weighted by atomic mass is 35.5. The highest BCUT2D eigenvalue weighted by Crippen LogP contribution is 2.37. The number of anilines is 3. The van der Waals surface area contributed by atoms with Crippen molar-refractivity contribution in [3.8, 4) is 0 Å². The summed E-state index contributed by atoms with van der Waals surface area (Å²) in [6, 6.07) is 8.33. The average Bonchev–Trinajstić information content (AvgIpc) is 3.05. The lowest BCUT2D eigenvalue weighted by Gasteiger charge is -2.33. The third kappa shape index (κ3) is 7.09. The topological polar surface area (TPSA) is 94.6 Å². The van der Waals surface area contributed by atoms with Crippen LogP contribution in [-0.4, -0.2) is 59.7 Å². The summed E-state index contributed by atoms with van der Waals surface area (Å²) < 4.78 is 0. The number of nitrogens with zero attached hydrogens (tertiary/aromatic N) is 3. The van der Waals surface area contributed by atoms with Crippen LogP contribution in [0.4, 0.5) is 17.2 Å². The number of pyridine rings is 1. The molecule has 2 aliphatic heterocycles. The number of aromatic nitrogens is 1. The predicted molar refractivity (Wildman–Crippen MR) is 160 cm³/mol. The second-order valence-corrected chi connectivity index (χ2v) is 12.2. The number of Topliss-reactive ketones (excluding diaryl/α,β-unsaturated/α-hetero) is 1. The second kappa shape index (κ2) is 13.2. The molecule has 216 valence electrons. The zero-order valence-corrected chi connectivity index (χ0v) is 24.9. The molecular formula is C31H42ClN5O3. The molecule has 40 heavy (non-hydrogen) atoms. The van der Waals surface area contributed by atoms with Crippen LogP contribution >= 0.6 is 11.6 Å². The molecule has 0 saturated carbocycles. The summed E-state index contributed by atoms with van der Waals surface area (Å²) in [5, 5.41) is 6.72. The second-order valence-electron chi connectivity index (χ2n) is 11.8. The molecule has 4 rings (SSSR count). The summed E-state index contributed by atoms with van der Waals surface area (Å²) in [7, 11) is 0. The molecule has 1 fully saturated rings. The number of hydrogen-bond acceptors (Lipinski definition) is 6. The van der Waals surface area contributed by atoms with Crippen molar-refractivity contribution in [1.82, 2.24) is 15.2 Å². The van der Waals surface area contributed by atoms with Crippen LogP contribution < -0.4 is 15.5 Å². The molecule has 1 atom stereocenters. The van der Waals surface area contributed by atoms with E-state index in [-0.39, 0.29) is 29.8 Å². The Balaban J connectivity index is 1.29. The van der Waals surface area contributed by atoms with Crippen LogP contribution in [0.1, 0.15) is 76.6 Å². The zero-order chi connectivity index (χ0) is 28.9. The lowest BCUT2D eigenvalue weighted by atomic mass is 9.80. The van der Waals surface area contributed by atoms with Gasteiger partial charge in [0, 0.05) is 16.6 Å². The molecule has 3 heterocycles. The minimum atomic E-state index is -0.319. The molecule has 0 spiro atoms. The fraction of sp³-hybridized carbons (Fsp3) is 0.548. The SMILES string of the molecule is CCCC(C)(C)C(=O)C(C)NCCCC1CCN(CC(=O)N2c3ccc(Cl)cc3C(=O)Nc3cccnc32)CC1. The van der Waals surface area contributed by atoms with E-state index in [9.17, 15) is 14.4 Å². The number of nitrogens with one attached hydrogen (secondary N) is 2. The number of likely N-dealkylation sites (tertiary alicyclic amines) is 1. The van der Waals surface area contributed by atoms with Gasteiger partial charge in [-0.25, -0.2) is 4.98 Å². The Bertz CT molecular complexity index is 1230. The molecular weight excluding hydrogens is 526 g/mol. The largest absolute Gasteiger partial charge is 0.319 e. The van der Waals surface area contributed by atoms with E-state index in [0.29, 0.717) is 39.5 Å². The standard InChI is InChI=1S/C31H42ClN5O3/c1-5-14-31(3,4)28(39)21(2)33-15-6-8-22-12-17-36(18-13-22)20-27(38)37-26-11-10-23(32)19-24(26)30(40)35-25-9-7-16-34-29(25)37/h7,9-11,16,19,21-22,33H,5-6,8,12-15,17-18,20H2,1-4H3,(H,35,40). The highest BCUT2D eigenvalue weighted by molar-refractivity contribution is 6.31. The Kier molecular flexibility index (Phi) is 9.98. The summed E-state index contributed by atoms with van der Waals surface area (Å²) >= 11 is 6.18. The Hall–Kier alpha value is -2.81. The van der Waals surface area contributed by atoms with Crippen molar-refractivity contribution in [2.24, 2.45) is 11.3 Å². The Morgan fingerprint density at radius 1 is 1.23 bits per heavy atom. The lowest BCUT2D eigenvalue weighted by molar-refractivity contribution is -0.129. The summed E-state index contributed by atoms with van der Waals surface area (Å²) in [6.07, 6.45) is 7.76. The van der Waals surface area contributed by atoms with Crippen molar-refractivity contribution >= 4 is 46.4 Å². The average molecular weight is 568 g/mol. The first-order valence-corrected chi connectivity index (χ1v) is 14.9. The molecule has 1 aromatic carbocycles. The van der Waals surface area contributed by atoms with E-state index in [2.05, 4.69) is 27.4 Å². The molecule has 2 aromatic rings. The molecule has 1 unspecified atom stereocenters. The van der Waals surface area contributed by atoms with Gasteiger partial charge in [0.1, 0.15) is 0 Å². The molecule has 1 saturated heterocycles. The monoisotopic (exact) mass is 567 g/mol. The van der Waals surface area contributed by atoms with Crippen LogP contribution in [0.2, 0.25) is 5.02 Å². The maximum atomic E-state index is 13.7. The molecule has 8 nitrogen and oxygen atoms in total. The Morgan fingerprint density at radius 2 is 1.98 bits per heavy atom. The van der Waals surface area contributed by atoms with E-state index < -0.39 is 0 Å². The third-order valence-electron chi connectivity index (χ3n) is 8.18. The van der Waals surface area contributed by atoms with Crippen molar-refractivity contribution < 1.29 is 14.4 Å². The molecule has 2 N–H and O–H groups in total. The number of carbonyl (C=O) groups is 3. The molecule has 0 aliphatic carbocycles. The lowest BCUT2D eigenvalue weighted by Crippen LogP contribution is -2.43. The number of amides is 2. The van der Waals surface area contributed by atoms with E-state index in [4.69, 9.17) is 11.6 Å². The van der Waals surface area contributed by atoms with Crippen molar-refractivity contribution in [2.45, 2.75) is 72.3 Å². The Labute approximate surface area is 242 Å². The molecule has 9 heteroatoms. The summed E-state index contributed by atoms with van der Waals surface area (Å²) in [4.78, 5) is 47.5. The number of piperidine rings is 1.